The van der Waals surface area contributed by atoms with Gasteiger partial charge in [-0.2, -0.15) is 0 Å². The average Bonchev–Trinajstić information content (AvgIpc) is 3.04. The van der Waals surface area contributed by atoms with Crippen LogP contribution < -0.4 is 10.5 Å². The number of hydrogen-bond acceptors (Lipinski definition) is 6. The fraction of sp³-hybridized carbons (Fsp3) is 0.235. The van der Waals surface area contributed by atoms with Gasteiger partial charge in [-0.3, -0.25) is 19.1 Å². The third kappa shape index (κ3) is 3.06. The minimum atomic E-state index is -0.250. The molecule has 1 aromatic carbocycles. The summed E-state index contributed by atoms with van der Waals surface area (Å²) in [7, 11) is 1.75. The molecule has 0 radical (unpaired) electrons. The quantitative estimate of drug-likeness (QED) is 0.666. The third-order valence-corrected chi connectivity index (χ3v) is 4.14. The Hall–Kier alpha value is -3.29. The summed E-state index contributed by atoms with van der Waals surface area (Å²) in [5.74, 6) is 1.51. The zero-order valence-electron chi connectivity index (χ0n) is 13.9. The van der Waals surface area contributed by atoms with Gasteiger partial charge in [0.1, 0.15) is 11.6 Å². The first-order chi connectivity index (χ1) is 12.0. The summed E-state index contributed by atoms with van der Waals surface area (Å²) in [5, 5.41) is 6.89. The van der Waals surface area contributed by atoms with E-state index in [1.54, 1.807) is 17.8 Å². The van der Waals surface area contributed by atoms with E-state index in [-0.39, 0.29) is 12.0 Å². The average molecular weight is 339 g/mol. The Balaban J connectivity index is 0.000000569. The first-order valence-corrected chi connectivity index (χ1v) is 7.65. The van der Waals surface area contributed by atoms with Crippen molar-refractivity contribution in [1.29, 1.82) is 0 Å². The summed E-state index contributed by atoms with van der Waals surface area (Å²) in [4.78, 5) is 36.3. The lowest BCUT2D eigenvalue weighted by Crippen LogP contribution is -2.25. The number of carboxylic acid groups (broad SMARTS) is 1. The maximum absolute atomic E-state index is 12.3. The standard InChI is InChI=1S/C16H15N5O.CH2O2/c1-10-18-14-9-21(8-11(14)16(22)20(10)2)15-7-17-12-5-3-4-6-13(12)19-15;2-1-3/h3-7H,8-9H2,1-2H3;1H,(H,2,3). The second-order valence-corrected chi connectivity index (χ2v) is 5.63. The second kappa shape index (κ2) is 6.68. The van der Waals surface area contributed by atoms with E-state index in [1.165, 1.54) is 0 Å². The molecule has 1 aliphatic rings. The van der Waals surface area contributed by atoms with E-state index < -0.39 is 0 Å². The Labute approximate surface area is 143 Å². The van der Waals surface area contributed by atoms with Crippen molar-refractivity contribution < 1.29 is 9.90 Å². The maximum atomic E-state index is 12.3. The molecule has 0 amide bonds. The van der Waals surface area contributed by atoms with E-state index in [4.69, 9.17) is 9.90 Å². The van der Waals surface area contributed by atoms with Gasteiger partial charge < -0.3 is 10.0 Å². The topological polar surface area (TPSA) is 101 Å². The van der Waals surface area contributed by atoms with Crippen molar-refractivity contribution in [2.24, 2.45) is 7.05 Å². The van der Waals surface area contributed by atoms with E-state index in [9.17, 15) is 4.79 Å². The van der Waals surface area contributed by atoms with Gasteiger partial charge in [-0.25, -0.2) is 9.97 Å². The number of nitrogens with zero attached hydrogens (tertiary/aromatic N) is 5. The molecule has 0 atom stereocenters. The van der Waals surface area contributed by atoms with Gasteiger partial charge in [0.25, 0.3) is 12.0 Å². The molecule has 0 saturated heterocycles. The molecule has 4 rings (SSSR count). The molecule has 0 spiro atoms. The summed E-state index contributed by atoms with van der Waals surface area (Å²) in [6, 6.07) is 7.76. The van der Waals surface area contributed by atoms with Crippen molar-refractivity contribution in [3.8, 4) is 0 Å². The van der Waals surface area contributed by atoms with Gasteiger partial charge in [-0.05, 0) is 19.1 Å². The van der Waals surface area contributed by atoms with Crippen molar-refractivity contribution in [2.75, 3.05) is 4.90 Å². The number of aromatic nitrogens is 4. The first-order valence-electron chi connectivity index (χ1n) is 7.65. The minimum Gasteiger partial charge on any atom is -0.483 e. The van der Waals surface area contributed by atoms with Crippen LogP contribution in [-0.4, -0.2) is 31.1 Å². The van der Waals surface area contributed by atoms with Gasteiger partial charge in [0, 0.05) is 7.05 Å². The zero-order chi connectivity index (χ0) is 18.0. The summed E-state index contributed by atoms with van der Waals surface area (Å²) >= 11 is 0. The lowest BCUT2D eigenvalue weighted by molar-refractivity contribution is -0.122. The fourth-order valence-electron chi connectivity index (χ4n) is 2.79. The molecule has 8 heteroatoms. The van der Waals surface area contributed by atoms with Crippen molar-refractivity contribution in [1.82, 2.24) is 19.5 Å². The largest absolute Gasteiger partial charge is 0.483 e. The highest BCUT2D eigenvalue weighted by Gasteiger charge is 2.25. The molecular formula is C17H17N5O3. The highest BCUT2D eigenvalue weighted by molar-refractivity contribution is 5.75. The number of carbonyl (C=O) groups is 1. The maximum Gasteiger partial charge on any atom is 0.290 e. The van der Waals surface area contributed by atoms with Gasteiger partial charge in [0.15, 0.2) is 0 Å². The molecule has 0 unspecified atom stereocenters. The molecule has 128 valence electrons. The van der Waals surface area contributed by atoms with Crippen LogP contribution in [0.5, 0.6) is 0 Å². The molecule has 25 heavy (non-hydrogen) atoms. The van der Waals surface area contributed by atoms with Crippen LogP contribution in [0.25, 0.3) is 11.0 Å². The van der Waals surface area contributed by atoms with Gasteiger partial charge >= 0.3 is 0 Å². The summed E-state index contributed by atoms with van der Waals surface area (Å²) in [5.41, 5.74) is 3.35. The third-order valence-electron chi connectivity index (χ3n) is 4.14. The number of anilines is 1. The predicted molar refractivity (Wildman–Crippen MR) is 92.3 cm³/mol. The monoisotopic (exact) mass is 339 g/mol. The SMILES string of the molecule is Cc1nc2c(c(=O)n1C)CN(c1cnc3ccccc3n1)C2.O=CO. The van der Waals surface area contributed by atoms with Crippen LogP contribution in [-0.2, 0) is 24.9 Å². The molecule has 0 fully saturated rings. The van der Waals surface area contributed by atoms with Crippen molar-refractivity contribution in [3.05, 3.63) is 57.9 Å². The van der Waals surface area contributed by atoms with Crippen LogP contribution in [0.3, 0.4) is 0 Å². The molecule has 0 saturated carbocycles. The number of para-hydroxylation sites is 2. The minimum absolute atomic E-state index is 0.0266. The lowest BCUT2D eigenvalue weighted by Gasteiger charge is -2.15. The Morgan fingerprint density at radius 3 is 2.56 bits per heavy atom. The first kappa shape index (κ1) is 16.6. The molecule has 3 heterocycles. The molecular weight excluding hydrogens is 322 g/mol. The van der Waals surface area contributed by atoms with Crippen molar-refractivity contribution in [2.45, 2.75) is 20.0 Å². The molecule has 2 aromatic heterocycles. The Bertz CT molecular complexity index is 999. The van der Waals surface area contributed by atoms with Crippen LogP contribution in [0.1, 0.15) is 17.1 Å². The normalized spacial score (nSPS) is 12.5. The summed E-state index contributed by atoms with van der Waals surface area (Å²) in [6.45, 7) is 2.72. The van der Waals surface area contributed by atoms with Crippen LogP contribution >= 0.6 is 0 Å². The molecule has 0 aliphatic carbocycles. The number of aryl methyl sites for hydroxylation is 1. The molecule has 8 nitrogen and oxygen atoms in total. The molecule has 1 aliphatic heterocycles. The van der Waals surface area contributed by atoms with Gasteiger partial charge in [0.2, 0.25) is 0 Å². The highest BCUT2D eigenvalue weighted by atomic mass is 16.3. The van der Waals surface area contributed by atoms with E-state index in [1.807, 2.05) is 36.1 Å². The number of fused-ring (bicyclic) bond motifs is 2. The Kier molecular flexibility index (Phi) is 4.42. The molecule has 3 aromatic rings. The summed E-state index contributed by atoms with van der Waals surface area (Å²) in [6.07, 6.45) is 1.76. The van der Waals surface area contributed by atoms with Crippen LogP contribution in [0.15, 0.2) is 35.3 Å². The van der Waals surface area contributed by atoms with Crippen molar-refractivity contribution in [3.63, 3.8) is 0 Å². The van der Waals surface area contributed by atoms with Gasteiger partial charge in [-0.15, -0.1) is 0 Å². The van der Waals surface area contributed by atoms with E-state index >= 15 is 0 Å². The number of benzene rings is 1. The Morgan fingerprint density at radius 1 is 1.16 bits per heavy atom. The smallest absolute Gasteiger partial charge is 0.290 e. The summed E-state index contributed by atoms with van der Waals surface area (Å²) < 4.78 is 1.59. The molecule has 0 bridgehead atoms. The van der Waals surface area contributed by atoms with E-state index in [2.05, 4.69) is 15.0 Å². The molecule has 1 N–H and O–H groups in total. The highest BCUT2D eigenvalue weighted by Crippen LogP contribution is 2.24. The predicted octanol–water partition coefficient (Wildman–Crippen LogP) is 1.25. The second-order valence-electron chi connectivity index (χ2n) is 5.63. The van der Waals surface area contributed by atoms with Crippen LogP contribution in [0.4, 0.5) is 5.82 Å². The van der Waals surface area contributed by atoms with Crippen LogP contribution in [0, 0.1) is 6.92 Å². The van der Waals surface area contributed by atoms with E-state index in [0.29, 0.717) is 13.1 Å². The van der Waals surface area contributed by atoms with Crippen LogP contribution in [0.2, 0.25) is 0 Å². The van der Waals surface area contributed by atoms with Gasteiger partial charge in [-0.1, -0.05) is 12.1 Å². The number of hydrogen-bond donors (Lipinski definition) is 1. The fourth-order valence-corrected chi connectivity index (χ4v) is 2.79. The van der Waals surface area contributed by atoms with E-state index in [0.717, 1.165) is 33.9 Å². The van der Waals surface area contributed by atoms with Crippen molar-refractivity contribution >= 4 is 23.3 Å². The zero-order valence-corrected chi connectivity index (χ0v) is 13.9. The number of rotatable bonds is 1. The Morgan fingerprint density at radius 2 is 1.84 bits per heavy atom. The van der Waals surface area contributed by atoms with Gasteiger partial charge in [0.05, 0.1) is 41.6 Å². The lowest BCUT2D eigenvalue weighted by atomic mass is 10.2.